The third-order valence-corrected chi connectivity index (χ3v) is 5.01. The number of benzene rings is 2. The van der Waals surface area contributed by atoms with Gasteiger partial charge in [-0.15, -0.1) is 0 Å². The zero-order valence-electron chi connectivity index (χ0n) is 17.7. The molecule has 4 rings (SSSR count). The van der Waals surface area contributed by atoms with Crippen LogP contribution in [0.5, 0.6) is 0 Å². The van der Waals surface area contributed by atoms with Crippen LogP contribution in [0, 0.1) is 13.8 Å². The highest BCUT2D eigenvalue weighted by Gasteiger charge is 2.09. The van der Waals surface area contributed by atoms with E-state index in [0.29, 0.717) is 13.1 Å². The molecule has 6 heteroatoms. The van der Waals surface area contributed by atoms with E-state index in [1.807, 2.05) is 29.8 Å². The van der Waals surface area contributed by atoms with Crippen molar-refractivity contribution in [3.63, 3.8) is 0 Å². The van der Waals surface area contributed by atoms with Crippen LogP contribution in [-0.4, -0.2) is 27.3 Å². The minimum Gasteiger partial charge on any atom is -0.357 e. The minimum absolute atomic E-state index is 0.566. The molecule has 0 bridgehead atoms. The number of rotatable bonds is 6. The number of nitrogens with zero attached hydrogens (tertiary/aromatic N) is 3. The van der Waals surface area contributed by atoms with E-state index in [-0.39, 0.29) is 0 Å². The summed E-state index contributed by atoms with van der Waals surface area (Å²) in [5.74, 6) is 0.791. The fraction of sp³-hybridized carbons (Fsp3) is 0.250. The Kier molecular flexibility index (Phi) is 5.84. The SMILES string of the molecule is CCNC(=NCc1ccccc1-n1nc(C)cc1C)NCc1cc2ccccc2[nH]1. The Hall–Kier alpha value is -3.54. The van der Waals surface area contributed by atoms with Gasteiger partial charge in [0.25, 0.3) is 0 Å². The highest BCUT2D eigenvalue weighted by molar-refractivity contribution is 5.81. The van der Waals surface area contributed by atoms with Crippen LogP contribution in [0.4, 0.5) is 0 Å². The molecular formula is C24H28N6. The topological polar surface area (TPSA) is 70.0 Å². The molecule has 0 radical (unpaired) electrons. The van der Waals surface area contributed by atoms with Crippen LogP contribution in [-0.2, 0) is 13.1 Å². The number of aryl methyl sites for hydroxylation is 2. The summed E-state index contributed by atoms with van der Waals surface area (Å²) in [6, 6.07) is 20.9. The standard InChI is InChI=1S/C24H28N6/c1-4-25-24(27-16-21-14-19-9-5-7-11-22(19)28-21)26-15-20-10-6-8-12-23(20)30-18(3)13-17(2)29-30/h5-14,28H,4,15-16H2,1-3H3,(H2,25,26,27). The molecule has 3 N–H and O–H groups in total. The molecule has 2 aromatic heterocycles. The third-order valence-electron chi connectivity index (χ3n) is 5.01. The highest BCUT2D eigenvalue weighted by Crippen LogP contribution is 2.18. The number of hydrogen-bond donors (Lipinski definition) is 3. The number of guanidine groups is 1. The minimum atomic E-state index is 0.566. The maximum atomic E-state index is 4.81. The molecule has 154 valence electrons. The van der Waals surface area contributed by atoms with Crippen molar-refractivity contribution in [1.82, 2.24) is 25.4 Å². The normalized spacial score (nSPS) is 11.8. The molecule has 0 spiro atoms. The number of para-hydroxylation sites is 2. The summed E-state index contributed by atoms with van der Waals surface area (Å²) in [6.45, 7) is 8.21. The van der Waals surface area contributed by atoms with Crippen LogP contribution in [0.3, 0.4) is 0 Å². The molecule has 2 heterocycles. The maximum absolute atomic E-state index is 4.81. The van der Waals surface area contributed by atoms with Crippen molar-refractivity contribution in [2.24, 2.45) is 4.99 Å². The van der Waals surface area contributed by atoms with Gasteiger partial charge < -0.3 is 15.6 Å². The second kappa shape index (κ2) is 8.86. The Morgan fingerprint density at radius 1 is 1.03 bits per heavy atom. The van der Waals surface area contributed by atoms with Crippen LogP contribution < -0.4 is 10.6 Å². The number of fused-ring (bicyclic) bond motifs is 1. The molecule has 0 saturated carbocycles. The van der Waals surface area contributed by atoms with Crippen molar-refractivity contribution in [2.45, 2.75) is 33.9 Å². The summed E-state index contributed by atoms with van der Waals surface area (Å²) in [5.41, 5.74) is 6.61. The Labute approximate surface area is 177 Å². The average molecular weight is 401 g/mol. The van der Waals surface area contributed by atoms with E-state index in [1.54, 1.807) is 0 Å². The number of nitrogens with one attached hydrogen (secondary N) is 3. The lowest BCUT2D eigenvalue weighted by Crippen LogP contribution is -2.36. The van der Waals surface area contributed by atoms with Gasteiger partial charge in [0.15, 0.2) is 5.96 Å². The lowest BCUT2D eigenvalue weighted by molar-refractivity contribution is 0.795. The smallest absolute Gasteiger partial charge is 0.191 e. The molecule has 0 atom stereocenters. The van der Waals surface area contributed by atoms with Crippen LogP contribution >= 0.6 is 0 Å². The number of aromatic nitrogens is 3. The maximum Gasteiger partial charge on any atom is 0.191 e. The van der Waals surface area contributed by atoms with Gasteiger partial charge in [-0.3, -0.25) is 0 Å². The van der Waals surface area contributed by atoms with E-state index < -0.39 is 0 Å². The predicted octanol–water partition coefficient (Wildman–Crippen LogP) is 4.23. The number of hydrogen-bond acceptors (Lipinski definition) is 2. The van der Waals surface area contributed by atoms with E-state index in [9.17, 15) is 0 Å². The zero-order valence-corrected chi connectivity index (χ0v) is 17.7. The summed E-state index contributed by atoms with van der Waals surface area (Å²) < 4.78 is 1.99. The van der Waals surface area contributed by atoms with E-state index in [2.05, 4.69) is 77.0 Å². The van der Waals surface area contributed by atoms with Crippen LogP contribution in [0.2, 0.25) is 0 Å². The van der Waals surface area contributed by atoms with Gasteiger partial charge in [0, 0.05) is 23.4 Å². The van der Waals surface area contributed by atoms with Crippen molar-refractivity contribution in [3.05, 3.63) is 83.3 Å². The summed E-state index contributed by atoms with van der Waals surface area (Å²) in [4.78, 5) is 8.26. The molecule has 0 aliphatic carbocycles. The first-order valence-electron chi connectivity index (χ1n) is 10.3. The van der Waals surface area contributed by atoms with Crippen LogP contribution in [0.15, 0.2) is 65.7 Å². The van der Waals surface area contributed by atoms with E-state index >= 15 is 0 Å². The second-order valence-corrected chi connectivity index (χ2v) is 7.40. The van der Waals surface area contributed by atoms with Crippen molar-refractivity contribution in [2.75, 3.05) is 6.54 Å². The van der Waals surface area contributed by atoms with Crippen LogP contribution in [0.1, 0.15) is 29.6 Å². The second-order valence-electron chi connectivity index (χ2n) is 7.40. The summed E-state index contributed by atoms with van der Waals surface area (Å²) >= 11 is 0. The monoisotopic (exact) mass is 400 g/mol. The van der Waals surface area contributed by atoms with Gasteiger partial charge in [0.1, 0.15) is 0 Å². The molecule has 0 unspecified atom stereocenters. The average Bonchev–Trinajstić information content (AvgIpc) is 3.32. The van der Waals surface area contributed by atoms with Gasteiger partial charge in [0.05, 0.1) is 24.5 Å². The number of aromatic amines is 1. The first-order valence-corrected chi connectivity index (χ1v) is 10.3. The molecule has 0 aliphatic rings. The van der Waals surface area contributed by atoms with Crippen LogP contribution in [0.25, 0.3) is 16.6 Å². The first kappa shape index (κ1) is 19.8. The molecule has 4 aromatic rings. The van der Waals surface area contributed by atoms with Crippen molar-refractivity contribution < 1.29 is 0 Å². The van der Waals surface area contributed by atoms with Gasteiger partial charge >= 0.3 is 0 Å². The Balaban J connectivity index is 1.51. The van der Waals surface area contributed by atoms with Crippen molar-refractivity contribution >= 4 is 16.9 Å². The predicted molar refractivity (Wildman–Crippen MR) is 123 cm³/mol. The number of H-pyrrole nitrogens is 1. The summed E-state index contributed by atoms with van der Waals surface area (Å²) in [7, 11) is 0. The molecule has 6 nitrogen and oxygen atoms in total. The number of aliphatic imine (C=N–C) groups is 1. The third kappa shape index (κ3) is 4.38. The largest absolute Gasteiger partial charge is 0.357 e. The first-order chi connectivity index (χ1) is 14.6. The Morgan fingerprint density at radius 3 is 2.60 bits per heavy atom. The Morgan fingerprint density at radius 2 is 1.83 bits per heavy atom. The molecule has 2 aromatic carbocycles. The Bertz CT molecular complexity index is 1130. The zero-order chi connectivity index (χ0) is 20.9. The quantitative estimate of drug-likeness (QED) is 0.335. The molecule has 0 aliphatic heterocycles. The van der Waals surface area contributed by atoms with Gasteiger partial charge in [-0.25, -0.2) is 9.67 Å². The molecule has 0 fully saturated rings. The van der Waals surface area contributed by atoms with Gasteiger partial charge in [-0.1, -0.05) is 36.4 Å². The van der Waals surface area contributed by atoms with Crippen molar-refractivity contribution in [1.29, 1.82) is 0 Å². The van der Waals surface area contributed by atoms with Gasteiger partial charge in [-0.05, 0) is 56.0 Å². The van der Waals surface area contributed by atoms with E-state index in [4.69, 9.17) is 4.99 Å². The highest BCUT2D eigenvalue weighted by atomic mass is 15.3. The molecule has 0 saturated heterocycles. The lowest BCUT2D eigenvalue weighted by atomic mass is 10.2. The van der Waals surface area contributed by atoms with Crippen molar-refractivity contribution in [3.8, 4) is 5.69 Å². The van der Waals surface area contributed by atoms with Gasteiger partial charge in [0.2, 0.25) is 0 Å². The molecular weight excluding hydrogens is 372 g/mol. The lowest BCUT2D eigenvalue weighted by Gasteiger charge is -2.13. The fourth-order valence-corrected chi connectivity index (χ4v) is 3.64. The summed E-state index contributed by atoms with van der Waals surface area (Å²) in [5, 5.41) is 12.6. The fourth-order valence-electron chi connectivity index (χ4n) is 3.64. The molecule has 0 amide bonds. The van der Waals surface area contributed by atoms with E-state index in [1.165, 1.54) is 5.39 Å². The van der Waals surface area contributed by atoms with E-state index in [0.717, 1.165) is 46.4 Å². The van der Waals surface area contributed by atoms with Gasteiger partial charge in [-0.2, -0.15) is 5.10 Å². The summed E-state index contributed by atoms with van der Waals surface area (Å²) in [6.07, 6.45) is 0. The molecule has 30 heavy (non-hydrogen) atoms.